The highest BCUT2D eigenvalue weighted by atomic mass is 16.5. The van der Waals surface area contributed by atoms with Crippen molar-refractivity contribution in [3.63, 3.8) is 0 Å². The Morgan fingerprint density at radius 2 is 2.07 bits per heavy atom. The van der Waals surface area contributed by atoms with Crippen LogP contribution in [0.3, 0.4) is 0 Å². The molecule has 2 aromatic heterocycles. The molecule has 0 bridgehead atoms. The van der Waals surface area contributed by atoms with Crippen molar-refractivity contribution in [3.8, 4) is 11.1 Å². The number of hydrogen-bond acceptors (Lipinski definition) is 3. The monoisotopic (exact) mass is 204 g/mol. The molecule has 0 amide bonds. The second-order valence-corrected chi connectivity index (χ2v) is 3.60. The van der Waals surface area contributed by atoms with Gasteiger partial charge in [-0.3, -0.25) is 4.79 Å². The summed E-state index contributed by atoms with van der Waals surface area (Å²) >= 11 is 0. The van der Waals surface area contributed by atoms with Gasteiger partial charge in [-0.2, -0.15) is 0 Å². The van der Waals surface area contributed by atoms with Crippen LogP contribution in [0.1, 0.15) is 17.0 Å². The Morgan fingerprint density at radius 1 is 1.33 bits per heavy atom. The van der Waals surface area contributed by atoms with Gasteiger partial charge in [0, 0.05) is 22.9 Å². The number of H-pyrrole nitrogens is 1. The topological polar surface area (TPSA) is 58.9 Å². The van der Waals surface area contributed by atoms with E-state index in [4.69, 9.17) is 4.52 Å². The van der Waals surface area contributed by atoms with Crippen molar-refractivity contribution < 1.29 is 4.52 Å². The number of pyridine rings is 1. The van der Waals surface area contributed by atoms with Gasteiger partial charge < -0.3 is 9.51 Å². The molecule has 0 unspecified atom stereocenters. The molecule has 0 aromatic carbocycles. The largest absolute Gasteiger partial charge is 0.361 e. The fourth-order valence-corrected chi connectivity index (χ4v) is 1.64. The highest BCUT2D eigenvalue weighted by Gasteiger charge is 2.11. The van der Waals surface area contributed by atoms with Crippen molar-refractivity contribution in [1.82, 2.24) is 10.1 Å². The molecule has 2 heterocycles. The third-order valence-electron chi connectivity index (χ3n) is 2.41. The van der Waals surface area contributed by atoms with Crippen LogP contribution in [0.2, 0.25) is 0 Å². The van der Waals surface area contributed by atoms with Crippen molar-refractivity contribution >= 4 is 0 Å². The molecule has 4 nitrogen and oxygen atoms in total. The van der Waals surface area contributed by atoms with Gasteiger partial charge in [0.1, 0.15) is 5.76 Å². The second kappa shape index (κ2) is 3.38. The molecule has 15 heavy (non-hydrogen) atoms. The normalized spacial score (nSPS) is 10.6. The van der Waals surface area contributed by atoms with Gasteiger partial charge in [-0.1, -0.05) is 5.16 Å². The lowest BCUT2D eigenvalue weighted by Gasteiger charge is -2.00. The lowest BCUT2D eigenvalue weighted by molar-refractivity contribution is 0.393. The third-order valence-corrected chi connectivity index (χ3v) is 2.41. The average Bonchev–Trinajstić information content (AvgIpc) is 2.52. The van der Waals surface area contributed by atoms with Gasteiger partial charge in [-0.15, -0.1) is 0 Å². The number of rotatable bonds is 1. The van der Waals surface area contributed by atoms with E-state index in [1.807, 2.05) is 19.9 Å². The lowest BCUT2D eigenvalue weighted by Crippen LogP contribution is -2.08. The van der Waals surface area contributed by atoms with Crippen LogP contribution >= 0.6 is 0 Å². The summed E-state index contributed by atoms with van der Waals surface area (Å²) in [6.07, 6.45) is 1.68. The molecule has 4 heteroatoms. The Labute approximate surface area is 86.9 Å². The Kier molecular flexibility index (Phi) is 2.19. The molecule has 1 N–H and O–H groups in total. The number of nitrogens with one attached hydrogen (secondary N) is 1. The highest BCUT2D eigenvalue weighted by molar-refractivity contribution is 5.67. The van der Waals surface area contributed by atoms with E-state index in [0.29, 0.717) is 5.56 Å². The van der Waals surface area contributed by atoms with Gasteiger partial charge in [-0.25, -0.2) is 0 Å². The molecule has 0 aliphatic carbocycles. The van der Waals surface area contributed by atoms with Gasteiger partial charge in [-0.05, 0) is 26.8 Å². The van der Waals surface area contributed by atoms with Crippen LogP contribution in [0.15, 0.2) is 21.6 Å². The Hall–Kier alpha value is -1.84. The van der Waals surface area contributed by atoms with E-state index in [2.05, 4.69) is 10.1 Å². The first-order valence-electron chi connectivity index (χ1n) is 4.72. The maximum Gasteiger partial charge on any atom is 0.250 e. The molecule has 0 aliphatic heterocycles. The molecule has 0 saturated heterocycles. The molecule has 0 saturated carbocycles. The number of aromatic nitrogens is 2. The Balaban J connectivity index is 2.64. The third kappa shape index (κ3) is 1.58. The first-order valence-corrected chi connectivity index (χ1v) is 4.72. The van der Waals surface area contributed by atoms with Gasteiger partial charge >= 0.3 is 0 Å². The van der Waals surface area contributed by atoms with E-state index in [9.17, 15) is 4.79 Å². The summed E-state index contributed by atoms with van der Waals surface area (Å²) < 4.78 is 5.08. The van der Waals surface area contributed by atoms with Crippen molar-refractivity contribution in [1.29, 1.82) is 0 Å². The van der Waals surface area contributed by atoms with Gasteiger partial charge in [0.2, 0.25) is 0 Å². The minimum Gasteiger partial charge on any atom is -0.361 e. The van der Waals surface area contributed by atoms with E-state index < -0.39 is 0 Å². The van der Waals surface area contributed by atoms with Crippen LogP contribution in [-0.4, -0.2) is 10.1 Å². The van der Waals surface area contributed by atoms with Crippen molar-refractivity contribution in [2.75, 3.05) is 0 Å². The SMILES string of the molecule is Cc1noc(C)c1-c1c[nH]c(=O)c(C)c1. The zero-order chi connectivity index (χ0) is 11.0. The minimum absolute atomic E-state index is 0.0643. The maximum atomic E-state index is 11.2. The van der Waals surface area contributed by atoms with Crippen molar-refractivity contribution in [2.45, 2.75) is 20.8 Å². The van der Waals surface area contributed by atoms with E-state index in [-0.39, 0.29) is 5.56 Å². The molecule has 0 aliphatic rings. The van der Waals surface area contributed by atoms with Gasteiger partial charge in [0.05, 0.1) is 5.69 Å². The Bertz CT molecular complexity index is 532. The van der Waals surface area contributed by atoms with Crippen LogP contribution in [0.5, 0.6) is 0 Å². The van der Waals surface area contributed by atoms with E-state index in [1.54, 1.807) is 13.1 Å². The predicted octanol–water partition coefficient (Wildman–Crippen LogP) is 1.96. The van der Waals surface area contributed by atoms with E-state index in [1.165, 1.54) is 0 Å². The number of aryl methyl sites for hydroxylation is 3. The fourth-order valence-electron chi connectivity index (χ4n) is 1.64. The van der Waals surface area contributed by atoms with Crippen molar-refractivity contribution in [2.24, 2.45) is 0 Å². The summed E-state index contributed by atoms with van der Waals surface area (Å²) in [5, 5.41) is 3.88. The number of nitrogens with zero attached hydrogens (tertiary/aromatic N) is 1. The van der Waals surface area contributed by atoms with Gasteiger partial charge in [0.25, 0.3) is 5.56 Å². The van der Waals surface area contributed by atoms with Crippen LogP contribution in [0.4, 0.5) is 0 Å². The van der Waals surface area contributed by atoms with Crippen LogP contribution in [0, 0.1) is 20.8 Å². The summed E-state index contributed by atoms with van der Waals surface area (Å²) in [6, 6.07) is 1.84. The summed E-state index contributed by atoms with van der Waals surface area (Å²) in [5.74, 6) is 0.763. The smallest absolute Gasteiger partial charge is 0.250 e. The Morgan fingerprint density at radius 3 is 2.60 bits per heavy atom. The summed E-state index contributed by atoms with van der Waals surface area (Å²) in [6.45, 7) is 5.52. The summed E-state index contributed by atoms with van der Waals surface area (Å²) in [7, 11) is 0. The fraction of sp³-hybridized carbons (Fsp3) is 0.273. The molecular formula is C11H12N2O2. The number of hydrogen-bond donors (Lipinski definition) is 1. The van der Waals surface area contributed by atoms with Crippen LogP contribution in [0.25, 0.3) is 11.1 Å². The summed E-state index contributed by atoms with van der Waals surface area (Å²) in [4.78, 5) is 13.9. The second-order valence-electron chi connectivity index (χ2n) is 3.60. The zero-order valence-electron chi connectivity index (χ0n) is 8.92. The minimum atomic E-state index is -0.0643. The highest BCUT2D eigenvalue weighted by Crippen LogP contribution is 2.25. The van der Waals surface area contributed by atoms with E-state index >= 15 is 0 Å². The molecule has 0 radical (unpaired) electrons. The molecule has 0 spiro atoms. The first kappa shape index (κ1) is 9.71. The molecule has 2 aromatic rings. The molecule has 0 atom stereocenters. The van der Waals surface area contributed by atoms with Crippen LogP contribution < -0.4 is 5.56 Å². The quantitative estimate of drug-likeness (QED) is 0.772. The van der Waals surface area contributed by atoms with Gasteiger partial charge in [0.15, 0.2) is 0 Å². The first-order chi connectivity index (χ1) is 7.09. The maximum absolute atomic E-state index is 11.2. The van der Waals surface area contributed by atoms with E-state index in [0.717, 1.165) is 22.6 Å². The molecule has 78 valence electrons. The lowest BCUT2D eigenvalue weighted by atomic mass is 10.1. The molecule has 2 rings (SSSR count). The molecular weight excluding hydrogens is 192 g/mol. The standard InChI is InChI=1S/C11H12N2O2/c1-6-4-9(5-12-11(6)14)10-7(2)13-15-8(10)3/h4-5H,1-3H3,(H,12,14). The van der Waals surface area contributed by atoms with Crippen molar-refractivity contribution in [3.05, 3.63) is 39.6 Å². The summed E-state index contributed by atoms with van der Waals surface area (Å²) in [5.41, 5.74) is 3.34. The zero-order valence-corrected chi connectivity index (χ0v) is 8.92. The average molecular weight is 204 g/mol. The molecule has 0 fully saturated rings. The predicted molar refractivity (Wildman–Crippen MR) is 56.8 cm³/mol. The number of aromatic amines is 1. The van der Waals surface area contributed by atoms with Crippen LogP contribution in [-0.2, 0) is 0 Å².